The number of rotatable bonds is 3. The average molecular weight is 260 g/mol. The minimum atomic E-state index is -2.85. The van der Waals surface area contributed by atoms with Crippen molar-refractivity contribution < 1.29 is 8.42 Å². The van der Waals surface area contributed by atoms with Crippen LogP contribution in [0.5, 0.6) is 0 Å². The Bertz CT molecular complexity index is 460. The fraction of sp³-hybridized carbons (Fsp3) is 0.700. The lowest BCUT2D eigenvalue weighted by atomic mass is 10.2. The van der Waals surface area contributed by atoms with Gasteiger partial charge in [-0.25, -0.2) is 13.4 Å². The lowest BCUT2D eigenvalue weighted by Crippen LogP contribution is -2.24. The summed E-state index contributed by atoms with van der Waals surface area (Å²) >= 11 is 1.58. The van der Waals surface area contributed by atoms with Gasteiger partial charge in [0.15, 0.2) is 15.0 Å². The topological polar surface area (TPSA) is 59.1 Å². The zero-order valence-corrected chi connectivity index (χ0v) is 11.1. The zero-order valence-electron chi connectivity index (χ0n) is 9.49. The van der Waals surface area contributed by atoms with Crippen molar-refractivity contribution in [3.05, 3.63) is 10.6 Å². The fourth-order valence-corrected chi connectivity index (χ4v) is 4.42. The van der Waals surface area contributed by atoms with Crippen molar-refractivity contribution in [3.8, 4) is 0 Å². The molecule has 90 valence electrons. The summed E-state index contributed by atoms with van der Waals surface area (Å²) in [6.45, 7) is 4.47. The number of hydrogen-bond acceptors (Lipinski definition) is 5. The van der Waals surface area contributed by atoms with Crippen LogP contribution < -0.4 is 5.32 Å². The Morgan fingerprint density at radius 1 is 1.50 bits per heavy atom. The van der Waals surface area contributed by atoms with E-state index < -0.39 is 9.84 Å². The van der Waals surface area contributed by atoms with Crippen LogP contribution in [0.25, 0.3) is 0 Å². The van der Waals surface area contributed by atoms with E-state index in [4.69, 9.17) is 0 Å². The van der Waals surface area contributed by atoms with E-state index in [2.05, 4.69) is 10.3 Å². The predicted molar refractivity (Wildman–Crippen MR) is 66.9 cm³/mol. The van der Waals surface area contributed by atoms with Crippen LogP contribution >= 0.6 is 11.3 Å². The van der Waals surface area contributed by atoms with E-state index in [9.17, 15) is 8.42 Å². The van der Waals surface area contributed by atoms with Crippen LogP contribution in [0.2, 0.25) is 0 Å². The van der Waals surface area contributed by atoms with E-state index in [1.807, 2.05) is 13.8 Å². The number of nitrogens with one attached hydrogen (secondary N) is 1. The molecule has 0 bridgehead atoms. The second-order valence-corrected chi connectivity index (χ2v) is 7.78. The lowest BCUT2D eigenvalue weighted by Gasteiger charge is -2.09. The minimum Gasteiger partial charge on any atom is -0.360 e. The van der Waals surface area contributed by atoms with Crippen molar-refractivity contribution in [1.82, 2.24) is 4.98 Å². The van der Waals surface area contributed by atoms with Gasteiger partial charge in [-0.3, -0.25) is 0 Å². The van der Waals surface area contributed by atoms with Crippen LogP contribution in [0.15, 0.2) is 0 Å². The van der Waals surface area contributed by atoms with Crippen LogP contribution in [0.1, 0.15) is 23.4 Å². The maximum atomic E-state index is 11.6. The Morgan fingerprint density at radius 2 is 2.25 bits per heavy atom. The highest BCUT2D eigenvalue weighted by Crippen LogP contribution is 2.24. The molecule has 0 saturated carbocycles. The van der Waals surface area contributed by atoms with Gasteiger partial charge in [0.05, 0.1) is 16.7 Å². The Labute approximate surface area is 100 Å². The fourth-order valence-electron chi connectivity index (χ4n) is 1.84. The van der Waals surface area contributed by atoms with Crippen molar-refractivity contribution in [2.75, 3.05) is 17.6 Å². The number of nitrogens with zero attached hydrogens (tertiary/aromatic N) is 1. The molecule has 0 aliphatic carbocycles. The smallest absolute Gasteiger partial charge is 0.183 e. The van der Waals surface area contributed by atoms with Gasteiger partial charge in [0.2, 0.25) is 0 Å². The second kappa shape index (κ2) is 4.33. The SMILES string of the molecule is Cc1nc(NCC2CCCS2(=O)=O)sc1C. The van der Waals surface area contributed by atoms with E-state index >= 15 is 0 Å². The van der Waals surface area contributed by atoms with Gasteiger partial charge < -0.3 is 5.32 Å². The molecule has 1 fully saturated rings. The Balaban J connectivity index is 1.97. The molecule has 6 heteroatoms. The Morgan fingerprint density at radius 3 is 2.75 bits per heavy atom. The summed E-state index contributed by atoms with van der Waals surface area (Å²) in [5.74, 6) is 0.343. The van der Waals surface area contributed by atoms with Crippen molar-refractivity contribution in [3.63, 3.8) is 0 Å². The summed E-state index contributed by atoms with van der Waals surface area (Å²) in [7, 11) is -2.85. The molecule has 4 nitrogen and oxygen atoms in total. The standard InChI is InChI=1S/C10H16N2O2S2/c1-7-8(2)15-10(12-7)11-6-9-4-3-5-16(9,13)14/h9H,3-6H2,1-2H3,(H,11,12). The third-order valence-electron chi connectivity index (χ3n) is 2.97. The number of hydrogen-bond donors (Lipinski definition) is 1. The molecule has 1 saturated heterocycles. The van der Waals surface area contributed by atoms with E-state index in [1.165, 1.54) is 4.88 Å². The van der Waals surface area contributed by atoms with Gasteiger partial charge in [-0.15, -0.1) is 11.3 Å². The summed E-state index contributed by atoms with van der Waals surface area (Å²) in [6.07, 6.45) is 1.57. The molecule has 2 rings (SSSR count). The quantitative estimate of drug-likeness (QED) is 0.899. The maximum absolute atomic E-state index is 11.6. The lowest BCUT2D eigenvalue weighted by molar-refractivity contribution is 0.591. The van der Waals surface area contributed by atoms with Crippen LogP contribution in [-0.2, 0) is 9.84 Å². The molecule has 1 unspecified atom stereocenters. The van der Waals surface area contributed by atoms with Crippen molar-refractivity contribution in [2.24, 2.45) is 0 Å². The number of thiazole rings is 1. The summed E-state index contributed by atoms with van der Waals surface area (Å²) in [5.41, 5.74) is 1.02. The molecule has 1 atom stereocenters. The van der Waals surface area contributed by atoms with Crippen molar-refractivity contribution >= 4 is 26.3 Å². The highest BCUT2D eigenvalue weighted by atomic mass is 32.2. The highest BCUT2D eigenvalue weighted by Gasteiger charge is 2.30. The summed E-state index contributed by atoms with van der Waals surface area (Å²) in [5, 5.41) is 3.74. The molecule has 0 radical (unpaired) electrons. The predicted octanol–water partition coefficient (Wildman–Crippen LogP) is 1.75. The average Bonchev–Trinajstić information content (AvgIpc) is 2.68. The van der Waals surface area contributed by atoms with Crippen molar-refractivity contribution in [1.29, 1.82) is 0 Å². The Hall–Kier alpha value is -0.620. The second-order valence-electron chi connectivity index (χ2n) is 4.17. The largest absolute Gasteiger partial charge is 0.360 e. The summed E-state index contributed by atoms with van der Waals surface area (Å²) in [6, 6.07) is 0. The number of aromatic nitrogens is 1. The minimum absolute atomic E-state index is 0.225. The van der Waals surface area contributed by atoms with E-state index in [-0.39, 0.29) is 5.25 Å². The molecule has 0 amide bonds. The monoisotopic (exact) mass is 260 g/mol. The number of sulfone groups is 1. The maximum Gasteiger partial charge on any atom is 0.183 e. The van der Waals surface area contributed by atoms with E-state index in [0.29, 0.717) is 12.3 Å². The van der Waals surface area contributed by atoms with Gasteiger partial charge in [-0.2, -0.15) is 0 Å². The summed E-state index contributed by atoms with van der Waals surface area (Å²) in [4.78, 5) is 5.51. The first-order valence-corrected chi connectivity index (χ1v) is 7.92. The molecule has 2 heterocycles. The molecule has 1 aliphatic heterocycles. The summed E-state index contributed by atoms with van der Waals surface area (Å²) < 4.78 is 23.2. The van der Waals surface area contributed by atoms with Gasteiger partial charge in [-0.05, 0) is 26.7 Å². The highest BCUT2D eigenvalue weighted by molar-refractivity contribution is 7.92. The molecule has 0 spiro atoms. The molecular weight excluding hydrogens is 244 g/mol. The van der Waals surface area contributed by atoms with Gasteiger partial charge >= 0.3 is 0 Å². The first kappa shape index (κ1) is 11.9. The molecule has 0 aromatic carbocycles. The molecule has 16 heavy (non-hydrogen) atoms. The van der Waals surface area contributed by atoms with E-state index in [0.717, 1.165) is 23.7 Å². The van der Waals surface area contributed by atoms with E-state index in [1.54, 1.807) is 11.3 Å². The first-order valence-electron chi connectivity index (χ1n) is 5.38. The Kier molecular flexibility index (Phi) is 3.21. The molecule has 1 aromatic heterocycles. The van der Waals surface area contributed by atoms with Gasteiger partial charge in [-0.1, -0.05) is 0 Å². The van der Waals surface area contributed by atoms with Crippen molar-refractivity contribution in [2.45, 2.75) is 31.9 Å². The molecule has 1 aliphatic rings. The van der Waals surface area contributed by atoms with Gasteiger partial charge in [0.1, 0.15) is 0 Å². The number of anilines is 1. The van der Waals surface area contributed by atoms with Gasteiger partial charge in [0, 0.05) is 11.4 Å². The normalized spacial score (nSPS) is 23.5. The number of aryl methyl sites for hydroxylation is 2. The van der Waals surface area contributed by atoms with Gasteiger partial charge in [0.25, 0.3) is 0 Å². The zero-order chi connectivity index (χ0) is 11.8. The third kappa shape index (κ3) is 2.38. The third-order valence-corrected chi connectivity index (χ3v) is 6.28. The van der Waals surface area contributed by atoms with Crippen LogP contribution in [0, 0.1) is 13.8 Å². The molecule has 1 N–H and O–H groups in total. The van der Waals surface area contributed by atoms with Crippen LogP contribution in [0.4, 0.5) is 5.13 Å². The van der Waals surface area contributed by atoms with Crippen LogP contribution in [-0.4, -0.2) is 30.9 Å². The van der Waals surface area contributed by atoms with Crippen LogP contribution in [0.3, 0.4) is 0 Å². The molecular formula is C10H16N2O2S2. The molecule has 1 aromatic rings. The first-order chi connectivity index (χ1) is 7.49.